The first kappa shape index (κ1) is 12.1. The van der Waals surface area contributed by atoms with Gasteiger partial charge in [0.25, 0.3) is 0 Å². The third-order valence-corrected chi connectivity index (χ3v) is 3.37. The van der Waals surface area contributed by atoms with Gasteiger partial charge in [-0.2, -0.15) is 0 Å². The number of rotatable bonds is 4. The van der Waals surface area contributed by atoms with Crippen LogP contribution in [0.3, 0.4) is 0 Å². The second-order valence-corrected chi connectivity index (χ2v) is 4.98. The molecule has 100 valence electrons. The van der Waals surface area contributed by atoms with Crippen molar-refractivity contribution < 1.29 is 13.3 Å². The summed E-state index contributed by atoms with van der Waals surface area (Å²) in [4.78, 5) is 0. The van der Waals surface area contributed by atoms with E-state index in [9.17, 15) is 8.78 Å². The molecule has 3 nitrogen and oxygen atoms in total. The van der Waals surface area contributed by atoms with E-state index < -0.39 is 5.92 Å². The fourth-order valence-electron chi connectivity index (χ4n) is 2.34. The average Bonchev–Trinajstić information content (AvgIpc) is 2.88. The molecule has 0 radical (unpaired) electrons. The smallest absolute Gasteiger partial charge is 0.248 e. The van der Waals surface area contributed by atoms with Crippen LogP contribution in [0.1, 0.15) is 12.8 Å². The van der Waals surface area contributed by atoms with Gasteiger partial charge < -0.3 is 9.84 Å². The molecule has 0 spiro atoms. The number of alkyl halides is 2. The molecule has 0 amide bonds. The summed E-state index contributed by atoms with van der Waals surface area (Å²) in [6, 6.07) is 9.48. The standard InChI is InChI=1S/C14H14F2N2O/c15-14(16)7-10(8-14)9-17-12-3-1-2-11(6-12)13-4-5-19-18-13/h1-6,10,17H,7-9H2. The summed E-state index contributed by atoms with van der Waals surface area (Å²) in [7, 11) is 0. The Morgan fingerprint density at radius 2 is 2.16 bits per heavy atom. The van der Waals surface area contributed by atoms with Crippen LogP contribution in [-0.4, -0.2) is 17.6 Å². The van der Waals surface area contributed by atoms with Crippen molar-refractivity contribution in [3.8, 4) is 11.3 Å². The number of hydrogen-bond acceptors (Lipinski definition) is 3. The zero-order chi connectivity index (χ0) is 13.3. The van der Waals surface area contributed by atoms with Crippen LogP contribution in [0.5, 0.6) is 0 Å². The Labute approximate surface area is 109 Å². The molecule has 0 unspecified atom stereocenters. The second-order valence-electron chi connectivity index (χ2n) is 4.98. The van der Waals surface area contributed by atoms with E-state index in [4.69, 9.17) is 4.52 Å². The molecule has 1 fully saturated rings. The zero-order valence-corrected chi connectivity index (χ0v) is 10.3. The molecule has 1 heterocycles. The van der Waals surface area contributed by atoms with Crippen LogP contribution in [0.2, 0.25) is 0 Å². The van der Waals surface area contributed by atoms with Crippen LogP contribution in [0.25, 0.3) is 11.3 Å². The fourth-order valence-corrected chi connectivity index (χ4v) is 2.34. The van der Waals surface area contributed by atoms with Crippen molar-refractivity contribution in [3.05, 3.63) is 36.6 Å². The van der Waals surface area contributed by atoms with Gasteiger partial charge in [0.05, 0.1) is 0 Å². The predicted octanol–water partition coefficient (Wildman–Crippen LogP) is 3.80. The fraction of sp³-hybridized carbons (Fsp3) is 0.357. The quantitative estimate of drug-likeness (QED) is 0.912. The summed E-state index contributed by atoms with van der Waals surface area (Å²) in [6.45, 7) is 0.581. The van der Waals surface area contributed by atoms with E-state index in [1.807, 2.05) is 24.3 Å². The number of anilines is 1. The molecule has 0 aliphatic heterocycles. The molecular weight excluding hydrogens is 250 g/mol. The van der Waals surface area contributed by atoms with Crippen LogP contribution in [0.15, 0.2) is 41.1 Å². The van der Waals surface area contributed by atoms with Gasteiger partial charge in [0, 0.05) is 36.7 Å². The molecule has 1 aromatic heterocycles. The molecule has 1 aliphatic rings. The number of nitrogens with one attached hydrogen (secondary N) is 1. The Morgan fingerprint density at radius 3 is 2.84 bits per heavy atom. The SMILES string of the molecule is FC1(F)CC(CNc2cccc(-c3ccon3)c2)C1. The monoisotopic (exact) mass is 264 g/mol. The molecule has 1 aliphatic carbocycles. The van der Waals surface area contributed by atoms with Crippen LogP contribution in [-0.2, 0) is 0 Å². The van der Waals surface area contributed by atoms with Crippen molar-refractivity contribution in [2.45, 2.75) is 18.8 Å². The molecule has 5 heteroatoms. The molecular formula is C14H14F2N2O. The summed E-state index contributed by atoms with van der Waals surface area (Å²) >= 11 is 0. The van der Waals surface area contributed by atoms with Gasteiger partial charge in [-0.3, -0.25) is 0 Å². The highest BCUT2D eigenvalue weighted by molar-refractivity contribution is 5.64. The van der Waals surface area contributed by atoms with E-state index in [1.54, 1.807) is 6.07 Å². The van der Waals surface area contributed by atoms with Crippen molar-refractivity contribution in [2.24, 2.45) is 5.92 Å². The van der Waals surface area contributed by atoms with Gasteiger partial charge in [0.1, 0.15) is 12.0 Å². The summed E-state index contributed by atoms with van der Waals surface area (Å²) in [6.07, 6.45) is 1.50. The van der Waals surface area contributed by atoms with Crippen LogP contribution in [0, 0.1) is 5.92 Å². The molecule has 1 N–H and O–H groups in total. The maximum Gasteiger partial charge on any atom is 0.248 e. The topological polar surface area (TPSA) is 38.1 Å². The normalized spacial score (nSPS) is 18.0. The van der Waals surface area contributed by atoms with Gasteiger partial charge in [-0.05, 0) is 18.1 Å². The lowest BCUT2D eigenvalue weighted by Gasteiger charge is -2.35. The molecule has 0 bridgehead atoms. The van der Waals surface area contributed by atoms with Crippen molar-refractivity contribution in [2.75, 3.05) is 11.9 Å². The number of aromatic nitrogens is 1. The van der Waals surface area contributed by atoms with E-state index in [1.165, 1.54) is 6.26 Å². The first-order valence-electron chi connectivity index (χ1n) is 6.25. The molecule has 19 heavy (non-hydrogen) atoms. The first-order chi connectivity index (χ1) is 9.12. The molecule has 3 rings (SSSR count). The third kappa shape index (κ3) is 2.75. The Bertz CT molecular complexity index is 546. The number of hydrogen-bond donors (Lipinski definition) is 1. The highest BCUT2D eigenvalue weighted by atomic mass is 19.3. The largest absolute Gasteiger partial charge is 0.385 e. The van der Waals surface area contributed by atoms with E-state index in [2.05, 4.69) is 10.5 Å². The Morgan fingerprint density at radius 1 is 1.32 bits per heavy atom. The predicted molar refractivity (Wildman–Crippen MR) is 68.1 cm³/mol. The number of benzene rings is 1. The Balaban J connectivity index is 1.61. The van der Waals surface area contributed by atoms with E-state index >= 15 is 0 Å². The van der Waals surface area contributed by atoms with Crippen molar-refractivity contribution in [1.82, 2.24) is 5.16 Å². The third-order valence-electron chi connectivity index (χ3n) is 3.37. The molecule has 1 saturated carbocycles. The molecule has 0 saturated heterocycles. The lowest BCUT2D eigenvalue weighted by molar-refractivity contribution is -0.106. The Hall–Kier alpha value is -1.91. The first-order valence-corrected chi connectivity index (χ1v) is 6.25. The average molecular weight is 264 g/mol. The minimum atomic E-state index is -2.45. The van der Waals surface area contributed by atoms with E-state index in [0.717, 1.165) is 16.9 Å². The minimum Gasteiger partial charge on any atom is -0.385 e. The van der Waals surface area contributed by atoms with Gasteiger partial charge >= 0.3 is 0 Å². The Kier molecular flexibility index (Phi) is 2.97. The maximum atomic E-state index is 12.7. The number of halogens is 2. The minimum absolute atomic E-state index is 0.0109. The summed E-state index contributed by atoms with van der Waals surface area (Å²) in [5.41, 5.74) is 2.62. The van der Waals surface area contributed by atoms with Gasteiger partial charge in [-0.25, -0.2) is 8.78 Å². The van der Waals surface area contributed by atoms with Gasteiger partial charge in [-0.15, -0.1) is 0 Å². The van der Waals surface area contributed by atoms with Gasteiger partial charge in [0.15, 0.2) is 0 Å². The molecule has 1 aromatic carbocycles. The highest BCUT2D eigenvalue weighted by Crippen LogP contribution is 2.42. The van der Waals surface area contributed by atoms with Crippen LogP contribution < -0.4 is 5.32 Å². The lowest BCUT2D eigenvalue weighted by Crippen LogP contribution is -2.39. The van der Waals surface area contributed by atoms with Crippen LogP contribution in [0.4, 0.5) is 14.5 Å². The molecule has 0 atom stereocenters. The highest BCUT2D eigenvalue weighted by Gasteiger charge is 2.44. The number of nitrogens with zero attached hydrogens (tertiary/aromatic N) is 1. The lowest BCUT2D eigenvalue weighted by atomic mass is 9.81. The maximum absolute atomic E-state index is 12.7. The van der Waals surface area contributed by atoms with E-state index in [-0.39, 0.29) is 18.8 Å². The summed E-state index contributed by atoms with van der Waals surface area (Å²) in [5, 5.41) is 7.06. The van der Waals surface area contributed by atoms with Gasteiger partial charge in [-0.1, -0.05) is 17.3 Å². The summed E-state index contributed by atoms with van der Waals surface area (Å²) < 4.78 is 30.2. The van der Waals surface area contributed by atoms with Crippen molar-refractivity contribution in [3.63, 3.8) is 0 Å². The van der Waals surface area contributed by atoms with E-state index in [0.29, 0.717) is 6.54 Å². The van der Waals surface area contributed by atoms with Crippen molar-refractivity contribution >= 4 is 5.69 Å². The second kappa shape index (κ2) is 4.64. The van der Waals surface area contributed by atoms with Crippen LogP contribution >= 0.6 is 0 Å². The summed E-state index contributed by atoms with van der Waals surface area (Å²) in [5.74, 6) is -2.39. The van der Waals surface area contributed by atoms with Gasteiger partial charge in [0.2, 0.25) is 5.92 Å². The van der Waals surface area contributed by atoms with Crippen molar-refractivity contribution in [1.29, 1.82) is 0 Å². The zero-order valence-electron chi connectivity index (χ0n) is 10.3. The molecule has 2 aromatic rings.